The summed E-state index contributed by atoms with van der Waals surface area (Å²) in [5, 5.41) is 12.0. The first-order valence-corrected chi connectivity index (χ1v) is 5.71. The Morgan fingerprint density at radius 1 is 1.62 bits per heavy atom. The molecule has 5 nitrogen and oxygen atoms in total. The van der Waals surface area contributed by atoms with Gasteiger partial charge in [0.25, 0.3) is 0 Å². The van der Waals surface area contributed by atoms with E-state index >= 15 is 0 Å². The van der Waals surface area contributed by atoms with Crippen molar-refractivity contribution < 1.29 is 19.4 Å². The number of methoxy groups -OCH3 is 1. The Bertz CT molecular complexity index is 222. The Morgan fingerprint density at radius 2 is 2.38 bits per heavy atom. The average molecular weight is 231 g/mol. The second kappa shape index (κ2) is 6.83. The number of carboxylic acid groups (broad SMARTS) is 1. The van der Waals surface area contributed by atoms with E-state index in [9.17, 15) is 4.79 Å². The fraction of sp³-hybridized carbons (Fsp3) is 0.909. The van der Waals surface area contributed by atoms with E-state index in [0.717, 1.165) is 26.1 Å². The number of ether oxygens (including phenoxy) is 2. The maximum absolute atomic E-state index is 10.7. The molecule has 1 fully saturated rings. The van der Waals surface area contributed by atoms with E-state index in [2.05, 4.69) is 12.2 Å². The van der Waals surface area contributed by atoms with Gasteiger partial charge in [-0.15, -0.1) is 0 Å². The van der Waals surface area contributed by atoms with Crippen molar-refractivity contribution in [1.29, 1.82) is 0 Å². The van der Waals surface area contributed by atoms with Crippen LogP contribution in [0.25, 0.3) is 0 Å². The zero-order chi connectivity index (χ0) is 12.0. The lowest BCUT2D eigenvalue weighted by atomic mass is 10.1. The molecule has 1 aliphatic rings. The van der Waals surface area contributed by atoms with Gasteiger partial charge in [-0.05, 0) is 25.3 Å². The number of hydrogen-bond donors (Lipinski definition) is 2. The predicted octanol–water partition coefficient (Wildman–Crippen LogP) is 0.491. The number of carboxylic acids is 1. The molecule has 1 heterocycles. The van der Waals surface area contributed by atoms with Gasteiger partial charge in [-0.1, -0.05) is 6.92 Å². The van der Waals surface area contributed by atoms with E-state index in [1.807, 2.05) is 0 Å². The maximum Gasteiger partial charge on any atom is 0.332 e. The molecule has 0 amide bonds. The minimum absolute atomic E-state index is 0.0378. The highest BCUT2D eigenvalue weighted by Crippen LogP contribution is 2.19. The second-order valence-electron chi connectivity index (χ2n) is 4.38. The molecule has 3 atom stereocenters. The van der Waals surface area contributed by atoms with Crippen LogP contribution in [0.5, 0.6) is 0 Å². The van der Waals surface area contributed by atoms with Gasteiger partial charge in [0.05, 0.1) is 6.10 Å². The van der Waals surface area contributed by atoms with Crippen LogP contribution in [0.2, 0.25) is 0 Å². The van der Waals surface area contributed by atoms with E-state index in [1.165, 1.54) is 0 Å². The Labute approximate surface area is 96.1 Å². The minimum Gasteiger partial charge on any atom is -0.479 e. The largest absolute Gasteiger partial charge is 0.479 e. The summed E-state index contributed by atoms with van der Waals surface area (Å²) in [5.41, 5.74) is 0. The molecule has 0 aromatic rings. The van der Waals surface area contributed by atoms with Crippen molar-refractivity contribution in [3.05, 3.63) is 0 Å². The van der Waals surface area contributed by atoms with Crippen LogP contribution in [0.4, 0.5) is 0 Å². The molecule has 0 radical (unpaired) electrons. The van der Waals surface area contributed by atoms with Crippen molar-refractivity contribution in [3.63, 3.8) is 0 Å². The normalized spacial score (nSPS) is 26.9. The van der Waals surface area contributed by atoms with Gasteiger partial charge in [-0.25, -0.2) is 4.79 Å². The van der Waals surface area contributed by atoms with Gasteiger partial charge < -0.3 is 19.9 Å². The summed E-state index contributed by atoms with van der Waals surface area (Å²) in [6, 6.07) is 0. The van der Waals surface area contributed by atoms with Crippen LogP contribution < -0.4 is 5.32 Å². The molecule has 0 aromatic carbocycles. The summed E-state index contributed by atoms with van der Waals surface area (Å²) in [6.07, 6.45) is 0.872. The van der Waals surface area contributed by atoms with Crippen molar-refractivity contribution in [1.82, 2.24) is 5.32 Å². The van der Waals surface area contributed by atoms with Crippen LogP contribution in [0.15, 0.2) is 0 Å². The monoisotopic (exact) mass is 231 g/mol. The van der Waals surface area contributed by atoms with Gasteiger partial charge in [0.1, 0.15) is 0 Å². The molecular formula is C11H21NO4. The first kappa shape index (κ1) is 13.4. The molecule has 1 rings (SSSR count). The lowest BCUT2D eigenvalue weighted by molar-refractivity contribution is -0.149. The van der Waals surface area contributed by atoms with E-state index in [-0.39, 0.29) is 6.10 Å². The summed E-state index contributed by atoms with van der Waals surface area (Å²) >= 11 is 0. The topological polar surface area (TPSA) is 67.8 Å². The van der Waals surface area contributed by atoms with Crippen molar-refractivity contribution in [2.24, 2.45) is 5.92 Å². The Hall–Kier alpha value is -0.650. The van der Waals surface area contributed by atoms with Crippen LogP contribution in [-0.4, -0.2) is 50.1 Å². The molecule has 0 aromatic heterocycles. The first-order valence-electron chi connectivity index (χ1n) is 5.71. The average Bonchev–Trinajstić information content (AvgIpc) is 2.67. The fourth-order valence-electron chi connectivity index (χ4n) is 1.87. The summed E-state index contributed by atoms with van der Waals surface area (Å²) in [6.45, 7) is 4.42. The van der Waals surface area contributed by atoms with Gasteiger partial charge in [0.15, 0.2) is 6.10 Å². The van der Waals surface area contributed by atoms with Crippen molar-refractivity contribution in [3.8, 4) is 0 Å². The van der Waals surface area contributed by atoms with Crippen LogP contribution in [0, 0.1) is 5.92 Å². The van der Waals surface area contributed by atoms with Gasteiger partial charge >= 0.3 is 5.97 Å². The highest BCUT2D eigenvalue weighted by atomic mass is 16.5. The highest BCUT2D eigenvalue weighted by molar-refractivity contribution is 5.72. The molecule has 2 N–H and O–H groups in total. The van der Waals surface area contributed by atoms with Crippen molar-refractivity contribution in [2.45, 2.75) is 32.0 Å². The van der Waals surface area contributed by atoms with Gasteiger partial charge in [-0.3, -0.25) is 0 Å². The summed E-state index contributed by atoms with van der Waals surface area (Å²) in [7, 11) is 1.69. The first-order chi connectivity index (χ1) is 7.63. The number of rotatable bonds is 7. The molecule has 0 bridgehead atoms. The molecule has 0 aliphatic carbocycles. The SMILES string of the molecule is COCC(C)CNCC1CCC(C(=O)O)O1. The van der Waals surface area contributed by atoms with Crippen molar-refractivity contribution >= 4 is 5.97 Å². The molecule has 1 saturated heterocycles. The summed E-state index contributed by atoms with van der Waals surface area (Å²) in [4.78, 5) is 10.7. The fourth-order valence-corrected chi connectivity index (χ4v) is 1.87. The Kier molecular flexibility index (Phi) is 5.73. The molecule has 5 heteroatoms. The lowest BCUT2D eigenvalue weighted by Crippen LogP contribution is -2.32. The maximum atomic E-state index is 10.7. The highest BCUT2D eigenvalue weighted by Gasteiger charge is 2.29. The Morgan fingerprint density at radius 3 is 2.94 bits per heavy atom. The molecule has 94 valence electrons. The minimum atomic E-state index is -0.852. The van der Waals surface area contributed by atoms with Crippen LogP contribution in [-0.2, 0) is 14.3 Å². The molecule has 0 spiro atoms. The molecule has 16 heavy (non-hydrogen) atoms. The van der Waals surface area contributed by atoms with Crippen LogP contribution in [0.3, 0.4) is 0 Å². The van der Waals surface area contributed by atoms with Gasteiger partial charge in [-0.2, -0.15) is 0 Å². The number of nitrogens with one attached hydrogen (secondary N) is 1. The Balaban J connectivity index is 2.09. The van der Waals surface area contributed by atoms with Crippen LogP contribution >= 0.6 is 0 Å². The second-order valence-corrected chi connectivity index (χ2v) is 4.38. The number of hydrogen-bond acceptors (Lipinski definition) is 4. The molecule has 3 unspecified atom stereocenters. The third-order valence-corrected chi connectivity index (χ3v) is 2.70. The van der Waals surface area contributed by atoms with Gasteiger partial charge in [0, 0.05) is 20.3 Å². The lowest BCUT2D eigenvalue weighted by Gasteiger charge is -2.15. The van der Waals surface area contributed by atoms with Crippen LogP contribution in [0.1, 0.15) is 19.8 Å². The van der Waals surface area contributed by atoms with Crippen molar-refractivity contribution in [2.75, 3.05) is 26.8 Å². The number of aliphatic carboxylic acids is 1. The van der Waals surface area contributed by atoms with E-state index < -0.39 is 12.1 Å². The van der Waals surface area contributed by atoms with E-state index in [0.29, 0.717) is 12.3 Å². The van der Waals surface area contributed by atoms with E-state index in [1.54, 1.807) is 7.11 Å². The standard InChI is InChI=1S/C11H21NO4/c1-8(7-15-2)5-12-6-9-3-4-10(16-9)11(13)14/h8-10,12H,3-7H2,1-2H3,(H,13,14). The molecule has 1 aliphatic heterocycles. The third-order valence-electron chi connectivity index (χ3n) is 2.70. The third kappa shape index (κ3) is 4.47. The zero-order valence-electron chi connectivity index (χ0n) is 9.94. The predicted molar refractivity (Wildman–Crippen MR) is 59.4 cm³/mol. The zero-order valence-corrected chi connectivity index (χ0v) is 9.94. The quantitative estimate of drug-likeness (QED) is 0.667. The summed E-state index contributed by atoms with van der Waals surface area (Å²) in [5.74, 6) is -0.392. The van der Waals surface area contributed by atoms with E-state index in [4.69, 9.17) is 14.6 Å². The molecular weight excluding hydrogens is 210 g/mol. The van der Waals surface area contributed by atoms with Gasteiger partial charge in [0.2, 0.25) is 0 Å². The molecule has 0 saturated carbocycles. The number of carbonyl (C=O) groups is 1. The smallest absolute Gasteiger partial charge is 0.332 e. The summed E-state index contributed by atoms with van der Waals surface area (Å²) < 4.78 is 10.4.